The zero-order valence-corrected chi connectivity index (χ0v) is 17.1. The van der Waals surface area contributed by atoms with Crippen molar-refractivity contribution < 1.29 is 14.8 Å². The van der Waals surface area contributed by atoms with Gasteiger partial charge < -0.3 is 5.11 Å². The highest BCUT2D eigenvalue weighted by atomic mass is 32.2. The molecule has 0 radical (unpaired) electrons. The molecule has 9 heteroatoms. The van der Waals surface area contributed by atoms with Gasteiger partial charge in [0.15, 0.2) is 0 Å². The minimum Gasteiger partial charge on any atom is -0.396 e. The van der Waals surface area contributed by atoms with Crippen LogP contribution in [0.1, 0.15) is 37.7 Å². The van der Waals surface area contributed by atoms with Crippen molar-refractivity contribution in [1.29, 1.82) is 0 Å². The number of nitro benzene ring substituents is 1. The first-order valence-corrected chi connectivity index (χ1v) is 11.0. The van der Waals surface area contributed by atoms with Crippen molar-refractivity contribution in [3.63, 3.8) is 0 Å². The summed E-state index contributed by atoms with van der Waals surface area (Å²) in [6.45, 7) is -0.0484. The van der Waals surface area contributed by atoms with Crippen LogP contribution in [0.25, 0.3) is 6.08 Å². The molecule has 0 unspecified atom stereocenters. The molecule has 144 valence electrons. The molecule has 3 rings (SSSR count). The quantitative estimate of drug-likeness (QED) is 0.241. The van der Waals surface area contributed by atoms with Crippen molar-refractivity contribution in [2.24, 2.45) is 0 Å². The summed E-state index contributed by atoms with van der Waals surface area (Å²) in [6.07, 6.45) is 7.05. The lowest BCUT2D eigenvalue weighted by molar-refractivity contribution is -0.387. The molecule has 1 aliphatic heterocycles. The third-order valence-corrected chi connectivity index (χ3v) is 6.96. The number of thiocarbonyl (C=S) groups is 1. The summed E-state index contributed by atoms with van der Waals surface area (Å²) < 4.78 is 0.572. The highest BCUT2D eigenvalue weighted by Gasteiger charge is 2.37. The van der Waals surface area contributed by atoms with Gasteiger partial charge >= 0.3 is 0 Å². The van der Waals surface area contributed by atoms with Crippen molar-refractivity contribution in [3.05, 3.63) is 38.8 Å². The number of hydrogen-bond donors (Lipinski definition) is 1. The zero-order valence-electron chi connectivity index (χ0n) is 14.6. The maximum absolute atomic E-state index is 12.8. The number of aliphatic hydroxyl groups is 1. The van der Waals surface area contributed by atoms with E-state index < -0.39 is 4.92 Å². The number of rotatable bonds is 6. The number of amides is 1. The minimum absolute atomic E-state index is 0.0232. The average molecular weight is 425 g/mol. The predicted octanol–water partition coefficient (Wildman–Crippen LogP) is 4.21. The Labute approximate surface area is 171 Å². The van der Waals surface area contributed by atoms with Gasteiger partial charge in [0.2, 0.25) is 0 Å². The van der Waals surface area contributed by atoms with Crippen molar-refractivity contribution in [1.82, 2.24) is 4.90 Å². The van der Waals surface area contributed by atoms with Crippen molar-refractivity contribution in [2.75, 3.05) is 12.4 Å². The number of carbonyl (C=O) groups excluding carboxylic acids is 1. The summed E-state index contributed by atoms with van der Waals surface area (Å²) in [5.74, 6) is 0.290. The zero-order chi connectivity index (χ0) is 19.4. The molecule has 0 spiro atoms. The second-order valence-corrected chi connectivity index (χ2v) is 9.21. The van der Waals surface area contributed by atoms with E-state index in [1.807, 2.05) is 0 Å². The van der Waals surface area contributed by atoms with Crippen LogP contribution in [-0.2, 0) is 4.79 Å². The van der Waals surface area contributed by atoms with E-state index in [0.29, 0.717) is 25.4 Å². The Morgan fingerprint density at radius 3 is 2.78 bits per heavy atom. The smallest absolute Gasteiger partial charge is 0.283 e. The highest BCUT2D eigenvalue weighted by Crippen LogP contribution is 2.38. The lowest BCUT2D eigenvalue weighted by Gasteiger charge is -2.29. The summed E-state index contributed by atoms with van der Waals surface area (Å²) in [5.41, 5.74) is 0.573. The second kappa shape index (κ2) is 9.18. The van der Waals surface area contributed by atoms with E-state index in [2.05, 4.69) is 0 Å². The molecule has 0 bridgehead atoms. The summed E-state index contributed by atoms with van der Waals surface area (Å²) >= 11 is 7.92. The van der Waals surface area contributed by atoms with E-state index >= 15 is 0 Å². The summed E-state index contributed by atoms with van der Waals surface area (Å²) in [4.78, 5) is 26.5. The van der Waals surface area contributed by atoms with Crippen LogP contribution >= 0.6 is 35.7 Å². The summed E-state index contributed by atoms with van der Waals surface area (Å²) in [7, 11) is 0. The largest absolute Gasteiger partial charge is 0.396 e. The van der Waals surface area contributed by atoms with Crippen molar-refractivity contribution >= 4 is 57.7 Å². The molecule has 27 heavy (non-hydrogen) atoms. The van der Waals surface area contributed by atoms with Gasteiger partial charge in [-0.25, -0.2) is 0 Å². The maximum Gasteiger partial charge on any atom is 0.283 e. The third-order valence-electron chi connectivity index (χ3n) is 4.59. The number of aliphatic hydroxyl groups excluding tert-OH is 1. The Balaban J connectivity index is 1.83. The first kappa shape index (κ1) is 20.3. The topological polar surface area (TPSA) is 83.7 Å². The average Bonchev–Trinajstić information content (AvgIpc) is 2.94. The first-order chi connectivity index (χ1) is 13.0. The molecule has 0 aromatic heterocycles. The van der Waals surface area contributed by atoms with E-state index in [4.69, 9.17) is 17.3 Å². The van der Waals surface area contributed by atoms with Crippen LogP contribution in [-0.4, -0.2) is 43.6 Å². The number of carbonyl (C=O) groups is 1. The molecule has 1 saturated heterocycles. The fraction of sp³-hybridized carbons (Fsp3) is 0.444. The van der Waals surface area contributed by atoms with Gasteiger partial charge in [0.05, 0.1) is 21.3 Å². The molecule has 1 N–H and O–H groups in total. The Morgan fingerprint density at radius 2 is 2.11 bits per heavy atom. The molecule has 6 nitrogen and oxygen atoms in total. The molecule has 0 atom stereocenters. The molecule has 1 aromatic carbocycles. The van der Waals surface area contributed by atoms with Gasteiger partial charge in [-0.2, -0.15) is 0 Å². The van der Waals surface area contributed by atoms with Gasteiger partial charge in [-0.3, -0.25) is 19.8 Å². The first-order valence-electron chi connectivity index (χ1n) is 8.80. The van der Waals surface area contributed by atoms with Gasteiger partial charge in [0.25, 0.3) is 11.6 Å². The second-order valence-electron chi connectivity index (χ2n) is 6.40. The van der Waals surface area contributed by atoms with Crippen LogP contribution in [0.3, 0.4) is 0 Å². The van der Waals surface area contributed by atoms with Crippen LogP contribution in [0.2, 0.25) is 0 Å². The predicted molar refractivity (Wildman–Crippen MR) is 113 cm³/mol. The Kier molecular flexibility index (Phi) is 6.91. The maximum atomic E-state index is 12.8. The highest BCUT2D eigenvalue weighted by molar-refractivity contribution is 8.26. The molecule has 1 amide bonds. The van der Waals surface area contributed by atoms with E-state index in [0.717, 1.165) is 25.7 Å². The SMILES string of the molecule is O=C1/C(=C\c2ccc(SCCO)c([N+](=O)[O-])c2)SC(=S)N1C1CCCCC1. The Morgan fingerprint density at radius 1 is 1.37 bits per heavy atom. The number of thioether (sulfide) groups is 2. The number of benzene rings is 1. The lowest BCUT2D eigenvalue weighted by atomic mass is 9.94. The Hall–Kier alpha value is -1.42. The molecular formula is C18H20N2O4S3. The van der Waals surface area contributed by atoms with Gasteiger partial charge in [0.1, 0.15) is 4.32 Å². The van der Waals surface area contributed by atoms with E-state index in [1.54, 1.807) is 23.1 Å². The number of nitrogens with zero attached hydrogens (tertiary/aromatic N) is 2. The fourth-order valence-corrected chi connectivity index (χ4v) is 5.49. The van der Waals surface area contributed by atoms with Gasteiger partial charge in [-0.1, -0.05) is 49.3 Å². The van der Waals surface area contributed by atoms with Crippen molar-refractivity contribution in [2.45, 2.75) is 43.0 Å². The monoisotopic (exact) mass is 424 g/mol. The van der Waals surface area contributed by atoms with E-state index in [1.165, 1.54) is 36.0 Å². The van der Waals surface area contributed by atoms with E-state index in [9.17, 15) is 14.9 Å². The fourth-order valence-electron chi connectivity index (χ4n) is 3.33. The number of hydrogen-bond acceptors (Lipinski definition) is 7. The van der Waals surface area contributed by atoms with Crippen LogP contribution in [0.5, 0.6) is 0 Å². The molecule has 1 saturated carbocycles. The molecule has 1 aliphatic carbocycles. The van der Waals surface area contributed by atoms with Gasteiger partial charge in [0, 0.05) is 17.9 Å². The van der Waals surface area contributed by atoms with Crippen LogP contribution in [0, 0.1) is 10.1 Å². The molecular weight excluding hydrogens is 404 g/mol. The molecule has 1 aromatic rings. The molecule has 2 fully saturated rings. The normalized spacial score (nSPS) is 19.9. The standard InChI is InChI=1S/C18H20N2O4S3/c21-8-9-26-15-7-6-12(10-14(15)20(23)24)11-16-17(22)19(18(25)27-16)13-4-2-1-3-5-13/h6-7,10-11,13,21H,1-5,8-9H2/b16-11+. The van der Waals surface area contributed by atoms with Crippen molar-refractivity contribution in [3.8, 4) is 0 Å². The van der Waals surface area contributed by atoms with Crippen LogP contribution in [0.15, 0.2) is 28.0 Å². The molecule has 2 aliphatic rings. The van der Waals surface area contributed by atoms with Gasteiger partial charge in [-0.15, -0.1) is 11.8 Å². The van der Waals surface area contributed by atoms with Crippen LogP contribution < -0.4 is 0 Å². The lowest BCUT2D eigenvalue weighted by Crippen LogP contribution is -2.39. The number of nitro groups is 1. The Bertz CT molecular complexity index is 791. The summed E-state index contributed by atoms with van der Waals surface area (Å²) in [6, 6.07) is 5.04. The third kappa shape index (κ3) is 4.71. The summed E-state index contributed by atoms with van der Waals surface area (Å²) in [5, 5.41) is 20.3. The minimum atomic E-state index is -0.440. The van der Waals surface area contributed by atoms with E-state index in [-0.39, 0.29) is 24.2 Å². The van der Waals surface area contributed by atoms with Crippen LogP contribution in [0.4, 0.5) is 5.69 Å². The molecule has 1 heterocycles. The van der Waals surface area contributed by atoms with Gasteiger partial charge in [-0.05, 0) is 30.5 Å².